The van der Waals surface area contributed by atoms with Gasteiger partial charge in [0.15, 0.2) is 0 Å². The van der Waals surface area contributed by atoms with Crippen LogP contribution in [0.2, 0.25) is 0 Å². The standard InChI is InChI=1S/C19H19N5O/c1-3-8-20-18-11(2)22-15-6-4-5-12(17(15)24-18)16-10-13-14(23-16)7-9-21-19(13)25/h3-6,10,23H,1,7-9H2,2H3,(H,20,24)(H,21,25). The Morgan fingerprint density at radius 3 is 3.00 bits per heavy atom. The maximum Gasteiger partial charge on any atom is 0.253 e. The number of anilines is 1. The molecule has 25 heavy (non-hydrogen) atoms. The van der Waals surface area contributed by atoms with Gasteiger partial charge in [-0.05, 0) is 19.1 Å². The highest BCUT2D eigenvalue weighted by Gasteiger charge is 2.21. The summed E-state index contributed by atoms with van der Waals surface area (Å²) in [5.74, 6) is 0.716. The number of amides is 1. The molecule has 0 saturated carbocycles. The molecule has 3 heterocycles. The number of benzene rings is 1. The predicted octanol–water partition coefficient (Wildman–Crippen LogP) is 2.82. The van der Waals surface area contributed by atoms with Crippen molar-refractivity contribution < 1.29 is 4.79 Å². The zero-order valence-corrected chi connectivity index (χ0v) is 14.0. The van der Waals surface area contributed by atoms with Crippen molar-refractivity contribution in [1.82, 2.24) is 20.3 Å². The van der Waals surface area contributed by atoms with Crippen LogP contribution in [0.1, 0.15) is 21.7 Å². The molecule has 0 saturated heterocycles. The maximum atomic E-state index is 12.0. The largest absolute Gasteiger partial charge is 0.365 e. The van der Waals surface area contributed by atoms with Crippen molar-refractivity contribution in [3.63, 3.8) is 0 Å². The summed E-state index contributed by atoms with van der Waals surface area (Å²) in [5.41, 5.74) is 5.99. The number of aromatic nitrogens is 3. The summed E-state index contributed by atoms with van der Waals surface area (Å²) >= 11 is 0. The summed E-state index contributed by atoms with van der Waals surface area (Å²) in [4.78, 5) is 24.8. The number of rotatable bonds is 4. The molecule has 0 radical (unpaired) electrons. The van der Waals surface area contributed by atoms with Crippen LogP contribution >= 0.6 is 0 Å². The van der Waals surface area contributed by atoms with E-state index in [2.05, 4.69) is 27.2 Å². The molecular weight excluding hydrogens is 314 g/mol. The number of hydrogen-bond acceptors (Lipinski definition) is 4. The quantitative estimate of drug-likeness (QED) is 0.641. The molecule has 1 aliphatic heterocycles. The molecule has 0 fully saturated rings. The molecule has 0 spiro atoms. The minimum absolute atomic E-state index is 0.0285. The van der Waals surface area contributed by atoms with Gasteiger partial charge in [0, 0.05) is 36.5 Å². The van der Waals surface area contributed by atoms with Crippen LogP contribution in [0.15, 0.2) is 36.9 Å². The first-order valence-corrected chi connectivity index (χ1v) is 8.30. The van der Waals surface area contributed by atoms with E-state index < -0.39 is 0 Å². The molecule has 1 aliphatic rings. The van der Waals surface area contributed by atoms with Gasteiger partial charge in [0.05, 0.1) is 16.8 Å². The summed E-state index contributed by atoms with van der Waals surface area (Å²) in [6.07, 6.45) is 2.59. The Morgan fingerprint density at radius 1 is 1.32 bits per heavy atom. The second-order valence-electron chi connectivity index (χ2n) is 6.08. The lowest BCUT2D eigenvalue weighted by molar-refractivity contribution is 0.0946. The molecule has 0 aliphatic carbocycles. The van der Waals surface area contributed by atoms with E-state index in [0.29, 0.717) is 18.7 Å². The number of nitrogens with zero attached hydrogens (tertiary/aromatic N) is 2. The van der Waals surface area contributed by atoms with Crippen LogP contribution in [-0.4, -0.2) is 33.9 Å². The monoisotopic (exact) mass is 333 g/mol. The zero-order valence-electron chi connectivity index (χ0n) is 14.0. The van der Waals surface area contributed by atoms with E-state index in [-0.39, 0.29) is 5.91 Å². The number of fused-ring (bicyclic) bond motifs is 2. The van der Waals surface area contributed by atoms with Crippen LogP contribution in [0.25, 0.3) is 22.3 Å². The Labute approximate surface area is 145 Å². The fourth-order valence-corrected chi connectivity index (χ4v) is 3.16. The number of hydrogen-bond donors (Lipinski definition) is 3. The number of carbonyl (C=O) groups excluding carboxylic acids is 1. The number of aryl methyl sites for hydroxylation is 1. The van der Waals surface area contributed by atoms with Crippen molar-refractivity contribution in [2.45, 2.75) is 13.3 Å². The molecule has 6 heteroatoms. The maximum absolute atomic E-state index is 12.0. The summed E-state index contributed by atoms with van der Waals surface area (Å²) in [5, 5.41) is 6.10. The Hall–Kier alpha value is -3.15. The third kappa shape index (κ3) is 2.65. The smallest absolute Gasteiger partial charge is 0.253 e. The fraction of sp³-hybridized carbons (Fsp3) is 0.211. The van der Waals surface area contributed by atoms with Crippen molar-refractivity contribution in [1.29, 1.82) is 0 Å². The van der Waals surface area contributed by atoms with Gasteiger partial charge < -0.3 is 15.6 Å². The SMILES string of the molecule is C=CCNc1nc2c(-c3cc4c([nH]3)CCNC4=O)cccc2nc1C. The number of para-hydroxylation sites is 1. The van der Waals surface area contributed by atoms with Crippen molar-refractivity contribution in [3.8, 4) is 11.3 Å². The van der Waals surface area contributed by atoms with E-state index in [1.54, 1.807) is 6.08 Å². The van der Waals surface area contributed by atoms with Crippen molar-refractivity contribution >= 4 is 22.8 Å². The van der Waals surface area contributed by atoms with Gasteiger partial charge in [-0.25, -0.2) is 9.97 Å². The Balaban J connectivity index is 1.87. The summed E-state index contributed by atoms with van der Waals surface area (Å²) < 4.78 is 0. The fourth-order valence-electron chi connectivity index (χ4n) is 3.16. The van der Waals surface area contributed by atoms with E-state index >= 15 is 0 Å². The average molecular weight is 333 g/mol. The van der Waals surface area contributed by atoms with Gasteiger partial charge >= 0.3 is 0 Å². The number of carbonyl (C=O) groups is 1. The van der Waals surface area contributed by atoms with Crippen LogP contribution in [0, 0.1) is 6.92 Å². The van der Waals surface area contributed by atoms with Crippen molar-refractivity contribution in [2.24, 2.45) is 0 Å². The van der Waals surface area contributed by atoms with E-state index in [4.69, 9.17) is 4.98 Å². The molecule has 6 nitrogen and oxygen atoms in total. The minimum Gasteiger partial charge on any atom is -0.365 e. The highest BCUT2D eigenvalue weighted by atomic mass is 16.1. The van der Waals surface area contributed by atoms with Gasteiger partial charge in [-0.3, -0.25) is 4.79 Å². The number of aromatic amines is 1. The highest BCUT2D eigenvalue weighted by Crippen LogP contribution is 2.30. The van der Waals surface area contributed by atoms with Gasteiger partial charge in [-0.2, -0.15) is 0 Å². The first kappa shape index (κ1) is 15.4. The van der Waals surface area contributed by atoms with Gasteiger partial charge in [0.1, 0.15) is 11.3 Å². The van der Waals surface area contributed by atoms with E-state index in [0.717, 1.165) is 45.9 Å². The molecule has 4 rings (SSSR count). The second-order valence-corrected chi connectivity index (χ2v) is 6.08. The topological polar surface area (TPSA) is 82.7 Å². The third-order valence-corrected chi connectivity index (χ3v) is 4.38. The van der Waals surface area contributed by atoms with Crippen LogP contribution in [0.3, 0.4) is 0 Å². The molecule has 0 atom stereocenters. The van der Waals surface area contributed by atoms with Crippen LogP contribution < -0.4 is 10.6 Å². The molecule has 1 amide bonds. The number of H-pyrrole nitrogens is 1. The van der Waals surface area contributed by atoms with Crippen molar-refractivity contribution in [3.05, 3.63) is 53.9 Å². The lowest BCUT2D eigenvalue weighted by Crippen LogP contribution is -2.31. The minimum atomic E-state index is -0.0285. The Kier molecular flexibility index (Phi) is 3.72. The molecule has 2 aromatic heterocycles. The third-order valence-electron chi connectivity index (χ3n) is 4.38. The molecule has 1 aromatic carbocycles. The van der Waals surface area contributed by atoms with Crippen LogP contribution in [0.5, 0.6) is 0 Å². The lowest BCUT2D eigenvalue weighted by atomic mass is 10.1. The van der Waals surface area contributed by atoms with E-state index in [9.17, 15) is 4.79 Å². The first-order chi connectivity index (χ1) is 12.2. The van der Waals surface area contributed by atoms with Crippen LogP contribution in [0.4, 0.5) is 5.82 Å². The first-order valence-electron chi connectivity index (χ1n) is 8.30. The van der Waals surface area contributed by atoms with Gasteiger partial charge in [-0.15, -0.1) is 6.58 Å². The van der Waals surface area contributed by atoms with Crippen LogP contribution in [-0.2, 0) is 6.42 Å². The van der Waals surface area contributed by atoms with E-state index in [1.165, 1.54) is 0 Å². The summed E-state index contributed by atoms with van der Waals surface area (Å²) in [6, 6.07) is 7.81. The summed E-state index contributed by atoms with van der Waals surface area (Å²) in [7, 11) is 0. The molecule has 126 valence electrons. The van der Waals surface area contributed by atoms with Gasteiger partial charge in [0.25, 0.3) is 5.91 Å². The lowest BCUT2D eigenvalue weighted by Gasteiger charge is -2.11. The number of nitrogens with one attached hydrogen (secondary N) is 3. The van der Waals surface area contributed by atoms with Gasteiger partial charge in [0.2, 0.25) is 0 Å². The zero-order chi connectivity index (χ0) is 17.4. The normalized spacial score (nSPS) is 13.4. The summed E-state index contributed by atoms with van der Waals surface area (Å²) in [6.45, 7) is 6.94. The second kappa shape index (κ2) is 6.05. The molecule has 0 unspecified atom stereocenters. The molecular formula is C19H19N5O. The molecule has 0 bridgehead atoms. The predicted molar refractivity (Wildman–Crippen MR) is 98.8 cm³/mol. The Bertz CT molecular complexity index is 989. The van der Waals surface area contributed by atoms with Crippen molar-refractivity contribution in [2.75, 3.05) is 18.4 Å². The van der Waals surface area contributed by atoms with E-state index in [1.807, 2.05) is 31.2 Å². The highest BCUT2D eigenvalue weighted by molar-refractivity contribution is 5.99. The Morgan fingerprint density at radius 2 is 2.20 bits per heavy atom. The average Bonchev–Trinajstić information content (AvgIpc) is 3.05. The van der Waals surface area contributed by atoms with Gasteiger partial charge in [-0.1, -0.05) is 18.2 Å². The molecule has 3 aromatic rings. The molecule has 3 N–H and O–H groups in total.